The van der Waals surface area contributed by atoms with Gasteiger partial charge in [0.15, 0.2) is 0 Å². The van der Waals surface area contributed by atoms with Crippen LogP contribution in [-0.4, -0.2) is 72.6 Å². The minimum absolute atomic E-state index is 0.182. The van der Waals surface area contributed by atoms with Crippen LogP contribution in [0, 0.1) is 5.92 Å². The summed E-state index contributed by atoms with van der Waals surface area (Å²) in [4.78, 5) is 26.5. The van der Waals surface area contributed by atoms with Gasteiger partial charge in [0.2, 0.25) is 5.91 Å². The van der Waals surface area contributed by atoms with Gasteiger partial charge >= 0.3 is 5.97 Å². The zero-order chi connectivity index (χ0) is 13.0. The highest BCUT2D eigenvalue weighted by molar-refractivity contribution is 5.76. The first kappa shape index (κ1) is 13.3. The third-order valence-corrected chi connectivity index (χ3v) is 3.70. The second-order valence-electron chi connectivity index (χ2n) is 5.09. The van der Waals surface area contributed by atoms with Crippen LogP contribution in [0.1, 0.15) is 12.8 Å². The Kier molecular flexibility index (Phi) is 4.54. The number of nitrogens with one attached hydrogen (secondary N) is 1. The van der Waals surface area contributed by atoms with Crippen molar-refractivity contribution in [2.24, 2.45) is 5.92 Å². The Morgan fingerprint density at radius 2 is 1.83 bits per heavy atom. The third kappa shape index (κ3) is 3.68. The summed E-state index contributed by atoms with van der Waals surface area (Å²) in [6, 6.07) is 0. The Morgan fingerprint density at radius 1 is 1.17 bits per heavy atom. The molecule has 0 atom stereocenters. The molecule has 0 saturated carbocycles. The van der Waals surface area contributed by atoms with Crippen molar-refractivity contribution in [3.63, 3.8) is 0 Å². The highest BCUT2D eigenvalue weighted by Crippen LogP contribution is 2.12. The van der Waals surface area contributed by atoms with Crippen LogP contribution in [0.15, 0.2) is 0 Å². The predicted octanol–water partition coefficient (Wildman–Crippen LogP) is -0.785. The number of aliphatic carboxylic acids is 1. The number of piperazine rings is 1. The van der Waals surface area contributed by atoms with Crippen LogP contribution in [0.2, 0.25) is 0 Å². The molecule has 2 N–H and O–H groups in total. The van der Waals surface area contributed by atoms with Gasteiger partial charge in [-0.25, -0.2) is 0 Å². The molecule has 2 rings (SSSR count). The smallest absolute Gasteiger partial charge is 0.304 e. The second-order valence-corrected chi connectivity index (χ2v) is 5.09. The topological polar surface area (TPSA) is 72.9 Å². The first-order chi connectivity index (χ1) is 8.65. The van der Waals surface area contributed by atoms with Crippen LogP contribution < -0.4 is 5.32 Å². The maximum atomic E-state index is 12.0. The van der Waals surface area contributed by atoms with E-state index in [9.17, 15) is 9.59 Å². The standard InChI is InChI=1S/C12H21N3O3/c16-11(7-10-8-13-9-10)15-5-3-14(4-6-15)2-1-12(17)18/h10,13H,1-9H2,(H,17,18). The summed E-state index contributed by atoms with van der Waals surface area (Å²) in [7, 11) is 0. The van der Waals surface area contributed by atoms with Crippen LogP contribution in [0.5, 0.6) is 0 Å². The summed E-state index contributed by atoms with van der Waals surface area (Å²) in [6.07, 6.45) is 0.837. The fourth-order valence-corrected chi connectivity index (χ4v) is 2.34. The van der Waals surface area contributed by atoms with Crippen LogP contribution >= 0.6 is 0 Å². The molecule has 1 amide bonds. The van der Waals surface area contributed by atoms with Gasteiger partial charge in [-0.1, -0.05) is 0 Å². The highest BCUT2D eigenvalue weighted by atomic mass is 16.4. The number of nitrogens with zero attached hydrogens (tertiary/aromatic N) is 2. The quantitative estimate of drug-likeness (QED) is 0.674. The van der Waals surface area contributed by atoms with Gasteiger partial charge in [0, 0.05) is 39.1 Å². The Labute approximate surface area is 107 Å². The molecule has 2 fully saturated rings. The Bertz CT molecular complexity index is 310. The molecule has 0 aromatic carbocycles. The van der Waals surface area contributed by atoms with E-state index in [2.05, 4.69) is 10.2 Å². The molecule has 2 aliphatic rings. The van der Waals surface area contributed by atoms with E-state index in [4.69, 9.17) is 5.11 Å². The molecule has 0 unspecified atom stereocenters. The fraction of sp³-hybridized carbons (Fsp3) is 0.833. The van der Waals surface area contributed by atoms with Crippen molar-refractivity contribution in [1.29, 1.82) is 0 Å². The molecule has 2 heterocycles. The lowest BCUT2D eigenvalue weighted by Gasteiger charge is -2.36. The summed E-state index contributed by atoms with van der Waals surface area (Å²) >= 11 is 0. The number of hydrogen-bond donors (Lipinski definition) is 2. The Balaban J connectivity index is 1.65. The molecule has 2 saturated heterocycles. The van der Waals surface area contributed by atoms with E-state index < -0.39 is 5.97 Å². The van der Waals surface area contributed by atoms with Gasteiger partial charge < -0.3 is 15.3 Å². The minimum atomic E-state index is -0.758. The average Bonchev–Trinajstić information content (AvgIpc) is 2.31. The van der Waals surface area contributed by atoms with Crippen LogP contribution in [0.3, 0.4) is 0 Å². The molecule has 0 spiro atoms. The molecular weight excluding hydrogens is 234 g/mol. The highest BCUT2D eigenvalue weighted by Gasteiger charge is 2.26. The lowest BCUT2D eigenvalue weighted by molar-refractivity contribution is -0.138. The van der Waals surface area contributed by atoms with E-state index in [1.54, 1.807) is 0 Å². The normalized spacial score (nSPS) is 21.7. The van der Waals surface area contributed by atoms with Gasteiger partial charge in [-0.15, -0.1) is 0 Å². The maximum Gasteiger partial charge on any atom is 0.304 e. The number of amides is 1. The van der Waals surface area contributed by atoms with Crippen LogP contribution in [-0.2, 0) is 9.59 Å². The molecule has 0 bridgehead atoms. The van der Waals surface area contributed by atoms with Crippen molar-refractivity contribution < 1.29 is 14.7 Å². The molecule has 6 heteroatoms. The summed E-state index contributed by atoms with van der Waals surface area (Å²) in [5.74, 6) is 0.00733. The third-order valence-electron chi connectivity index (χ3n) is 3.70. The number of carboxylic acids is 1. The number of carbonyl (C=O) groups excluding carboxylic acids is 1. The first-order valence-corrected chi connectivity index (χ1v) is 6.58. The number of hydrogen-bond acceptors (Lipinski definition) is 4. The number of carbonyl (C=O) groups is 2. The van der Waals surface area contributed by atoms with Crippen molar-refractivity contribution in [3.8, 4) is 0 Å². The summed E-state index contributed by atoms with van der Waals surface area (Å²) in [5.41, 5.74) is 0. The largest absolute Gasteiger partial charge is 0.481 e. The molecule has 0 aromatic heterocycles. The van der Waals surface area contributed by atoms with Gasteiger partial charge in [0.25, 0.3) is 0 Å². The first-order valence-electron chi connectivity index (χ1n) is 6.58. The van der Waals surface area contributed by atoms with E-state index in [1.165, 1.54) is 0 Å². The van der Waals surface area contributed by atoms with Crippen molar-refractivity contribution in [3.05, 3.63) is 0 Å². The van der Waals surface area contributed by atoms with E-state index in [1.807, 2.05) is 4.90 Å². The Morgan fingerprint density at radius 3 is 2.33 bits per heavy atom. The van der Waals surface area contributed by atoms with E-state index >= 15 is 0 Å². The zero-order valence-corrected chi connectivity index (χ0v) is 10.6. The van der Waals surface area contributed by atoms with Crippen molar-refractivity contribution >= 4 is 11.9 Å². The van der Waals surface area contributed by atoms with E-state index in [-0.39, 0.29) is 12.3 Å². The van der Waals surface area contributed by atoms with Crippen molar-refractivity contribution in [2.75, 3.05) is 45.8 Å². The van der Waals surface area contributed by atoms with Gasteiger partial charge in [-0.2, -0.15) is 0 Å². The SMILES string of the molecule is O=C(O)CCN1CCN(C(=O)CC2CNC2)CC1. The fourth-order valence-electron chi connectivity index (χ4n) is 2.34. The summed E-state index contributed by atoms with van der Waals surface area (Å²) < 4.78 is 0. The molecule has 6 nitrogen and oxygen atoms in total. The average molecular weight is 255 g/mol. The van der Waals surface area contributed by atoms with Gasteiger partial charge in [-0.05, 0) is 19.0 Å². The van der Waals surface area contributed by atoms with E-state index in [0.717, 1.165) is 39.3 Å². The van der Waals surface area contributed by atoms with Crippen LogP contribution in [0.4, 0.5) is 0 Å². The van der Waals surface area contributed by atoms with Crippen molar-refractivity contribution in [1.82, 2.24) is 15.1 Å². The molecule has 18 heavy (non-hydrogen) atoms. The lowest BCUT2D eigenvalue weighted by Crippen LogP contribution is -2.51. The molecular formula is C12H21N3O3. The van der Waals surface area contributed by atoms with Gasteiger partial charge in [0.1, 0.15) is 0 Å². The number of carboxylic acid groups (broad SMARTS) is 1. The van der Waals surface area contributed by atoms with Gasteiger partial charge in [-0.3, -0.25) is 14.5 Å². The van der Waals surface area contributed by atoms with E-state index in [0.29, 0.717) is 18.9 Å². The van der Waals surface area contributed by atoms with Gasteiger partial charge in [0.05, 0.1) is 6.42 Å². The van der Waals surface area contributed by atoms with Crippen molar-refractivity contribution in [2.45, 2.75) is 12.8 Å². The zero-order valence-electron chi connectivity index (χ0n) is 10.6. The molecule has 102 valence electrons. The summed E-state index contributed by atoms with van der Waals surface area (Å²) in [5, 5.41) is 11.8. The monoisotopic (exact) mass is 255 g/mol. The molecule has 0 radical (unpaired) electrons. The molecule has 0 aromatic rings. The molecule has 0 aliphatic carbocycles. The Hall–Kier alpha value is -1.14. The second kappa shape index (κ2) is 6.15. The van der Waals surface area contributed by atoms with Crippen LogP contribution in [0.25, 0.3) is 0 Å². The maximum absolute atomic E-state index is 12.0. The molecule has 2 aliphatic heterocycles. The number of rotatable bonds is 5. The predicted molar refractivity (Wildman–Crippen MR) is 66.2 cm³/mol. The lowest BCUT2D eigenvalue weighted by atomic mass is 9.98. The summed E-state index contributed by atoms with van der Waals surface area (Å²) in [6.45, 7) is 5.57. The minimum Gasteiger partial charge on any atom is -0.481 e.